The second-order valence-electron chi connectivity index (χ2n) is 6.26. The molecule has 0 aliphatic heterocycles. The Kier molecular flexibility index (Phi) is 3.81. The van der Waals surface area contributed by atoms with Crippen molar-refractivity contribution in [2.24, 2.45) is 0 Å². The molecule has 1 heterocycles. The summed E-state index contributed by atoms with van der Waals surface area (Å²) >= 11 is 0. The molecule has 0 bridgehead atoms. The molecule has 5 heteroatoms. The summed E-state index contributed by atoms with van der Waals surface area (Å²) in [5.74, 6) is 0. The Morgan fingerprint density at radius 1 is 0.885 bits per heavy atom. The predicted molar refractivity (Wildman–Crippen MR) is 105 cm³/mol. The van der Waals surface area contributed by atoms with Crippen molar-refractivity contribution < 1.29 is 8.42 Å². The van der Waals surface area contributed by atoms with Gasteiger partial charge in [0.05, 0.1) is 10.6 Å². The molecule has 0 saturated carbocycles. The lowest BCUT2D eigenvalue weighted by Gasteiger charge is -2.09. The van der Waals surface area contributed by atoms with Crippen LogP contribution in [0.3, 0.4) is 0 Å². The molecule has 4 rings (SSSR count). The monoisotopic (exact) mass is 362 g/mol. The molecule has 26 heavy (non-hydrogen) atoms. The summed E-state index contributed by atoms with van der Waals surface area (Å²) in [7, 11) is -3.73. The predicted octanol–water partition coefficient (Wildman–Crippen LogP) is 4.56. The molecule has 1 aromatic heterocycles. The Bertz CT molecular complexity index is 1210. The fourth-order valence-electron chi connectivity index (χ4n) is 3.14. The van der Waals surface area contributed by atoms with Gasteiger partial charge in [0.25, 0.3) is 0 Å². The van der Waals surface area contributed by atoms with Gasteiger partial charge in [0, 0.05) is 16.6 Å². The Labute approximate surface area is 152 Å². The molecule has 0 radical (unpaired) electrons. The maximum atomic E-state index is 13.5. The van der Waals surface area contributed by atoms with Gasteiger partial charge in [0.15, 0.2) is 0 Å². The van der Waals surface area contributed by atoms with Crippen molar-refractivity contribution in [3.05, 3.63) is 78.4 Å². The van der Waals surface area contributed by atoms with E-state index in [0.29, 0.717) is 21.7 Å². The summed E-state index contributed by atoms with van der Waals surface area (Å²) in [5, 5.41) is 0.681. The van der Waals surface area contributed by atoms with Crippen LogP contribution in [0.25, 0.3) is 22.2 Å². The van der Waals surface area contributed by atoms with Crippen molar-refractivity contribution in [1.29, 1.82) is 0 Å². The maximum absolute atomic E-state index is 13.5. The fourth-order valence-corrected chi connectivity index (χ4v) is 4.86. The minimum absolute atomic E-state index is 0.242. The van der Waals surface area contributed by atoms with Crippen LogP contribution in [0.1, 0.15) is 5.56 Å². The molecule has 0 atom stereocenters. The van der Waals surface area contributed by atoms with E-state index in [-0.39, 0.29) is 4.90 Å². The standard InChI is InChI=1S/C21H18N2O2S/c1-14-13-16(11-12-18(14)22)26(24,25)21-17-9-5-6-10-19(17)23-20(21)15-7-3-2-4-8-15/h2-13,23H,22H2,1H3. The number of fused-ring (bicyclic) bond motifs is 1. The van der Waals surface area contributed by atoms with Crippen LogP contribution in [0.5, 0.6) is 0 Å². The Morgan fingerprint density at radius 2 is 1.58 bits per heavy atom. The Hall–Kier alpha value is -3.05. The van der Waals surface area contributed by atoms with E-state index >= 15 is 0 Å². The second kappa shape index (κ2) is 6.04. The number of H-pyrrole nitrogens is 1. The van der Waals surface area contributed by atoms with E-state index in [1.54, 1.807) is 18.2 Å². The first-order valence-corrected chi connectivity index (χ1v) is 9.74. The average molecular weight is 362 g/mol. The Morgan fingerprint density at radius 3 is 2.31 bits per heavy atom. The molecule has 3 aromatic carbocycles. The first kappa shape index (κ1) is 16.4. The van der Waals surface area contributed by atoms with E-state index in [2.05, 4.69) is 4.98 Å². The topological polar surface area (TPSA) is 76.0 Å². The van der Waals surface area contributed by atoms with Gasteiger partial charge in [-0.05, 0) is 42.3 Å². The normalized spacial score (nSPS) is 11.7. The number of nitrogens with two attached hydrogens (primary N) is 1. The number of aromatic amines is 1. The third kappa shape index (κ3) is 2.57. The van der Waals surface area contributed by atoms with Gasteiger partial charge in [0.2, 0.25) is 9.84 Å². The summed E-state index contributed by atoms with van der Waals surface area (Å²) in [5.41, 5.74) is 9.39. The minimum atomic E-state index is -3.73. The molecule has 0 fully saturated rings. The lowest BCUT2D eigenvalue weighted by molar-refractivity contribution is 0.597. The van der Waals surface area contributed by atoms with E-state index in [4.69, 9.17) is 5.73 Å². The number of rotatable bonds is 3. The summed E-state index contributed by atoms with van der Waals surface area (Å²) < 4.78 is 27.0. The molecule has 3 N–H and O–H groups in total. The van der Waals surface area contributed by atoms with Crippen LogP contribution in [0.4, 0.5) is 5.69 Å². The molecular weight excluding hydrogens is 344 g/mol. The Balaban J connectivity index is 2.05. The third-order valence-electron chi connectivity index (χ3n) is 4.54. The van der Waals surface area contributed by atoms with Crippen LogP contribution in [0.2, 0.25) is 0 Å². The molecular formula is C21H18N2O2S. The van der Waals surface area contributed by atoms with Gasteiger partial charge >= 0.3 is 0 Å². The summed E-state index contributed by atoms with van der Waals surface area (Å²) in [6, 6.07) is 21.8. The van der Waals surface area contributed by atoms with Crippen LogP contribution in [0, 0.1) is 6.92 Å². The number of nitrogen functional groups attached to an aromatic ring is 1. The molecule has 4 nitrogen and oxygen atoms in total. The number of hydrogen-bond acceptors (Lipinski definition) is 3. The quantitative estimate of drug-likeness (QED) is 0.525. The van der Waals surface area contributed by atoms with Gasteiger partial charge in [-0.3, -0.25) is 0 Å². The van der Waals surface area contributed by atoms with Crippen molar-refractivity contribution >= 4 is 26.4 Å². The molecule has 0 amide bonds. The molecule has 0 saturated heterocycles. The van der Waals surface area contributed by atoms with Gasteiger partial charge in [-0.25, -0.2) is 8.42 Å². The number of anilines is 1. The van der Waals surface area contributed by atoms with Crippen LogP contribution in [-0.2, 0) is 9.84 Å². The number of para-hydroxylation sites is 1. The zero-order valence-electron chi connectivity index (χ0n) is 14.2. The molecule has 4 aromatic rings. The van der Waals surface area contributed by atoms with Crippen molar-refractivity contribution in [3.8, 4) is 11.3 Å². The minimum Gasteiger partial charge on any atom is -0.399 e. The van der Waals surface area contributed by atoms with Crippen molar-refractivity contribution in [2.75, 3.05) is 5.73 Å². The summed E-state index contributed by atoms with van der Waals surface area (Å²) in [6.45, 7) is 1.81. The SMILES string of the molecule is Cc1cc(S(=O)(=O)c2c(-c3ccccc3)[nH]c3ccccc23)ccc1N. The largest absolute Gasteiger partial charge is 0.399 e. The summed E-state index contributed by atoms with van der Waals surface area (Å²) in [6.07, 6.45) is 0. The first-order valence-electron chi connectivity index (χ1n) is 8.26. The molecule has 130 valence electrons. The zero-order valence-corrected chi connectivity index (χ0v) is 15.0. The van der Waals surface area contributed by atoms with Gasteiger partial charge in [0.1, 0.15) is 4.90 Å². The van der Waals surface area contributed by atoms with E-state index in [9.17, 15) is 8.42 Å². The van der Waals surface area contributed by atoms with Crippen molar-refractivity contribution in [2.45, 2.75) is 16.7 Å². The molecule has 0 aliphatic carbocycles. The smallest absolute Gasteiger partial charge is 0.209 e. The maximum Gasteiger partial charge on any atom is 0.209 e. The van der Waals surface area contributed by atoms with Gasteiger partial charge in [-0.2, -0.15) is 0 Å². The molecule has 0 aliphatic rings. The lowest BCUT2D eigenvalue weighted by atomic mass is 10.1. The highest BCUT2D eigenvalue weighted by Crippen LogP contribution is 2.37. The van der Waals surface area contributed by atoms with Crippen molar-refractivity contribution in [1.82, 2.24) is 4.98 Å². The van der Waals surface area contributed by atoms with E-state index in [0.717, 1.165) is 16.6 Å². The van der Waals surface area contributed by atoms with E-state index < -0.39 is 9.84 Å². The molecule has 0 unspecified atom stereocenters. The average Bonchev–Trinajstić information content (AvgIpc) is 3.05. The van der Waals surface area contributed by atoms with E-state index in [1.807, 2.05) is 61.5 Å². The van der Waals surface area contributed by atoms with Crippen LogP contribution < -0.4 is 5.73 Å². The first-order chi connectivity index (χ1) is 12.5. The van der Waals surface area contributed by atoms with Crippen LogP contribution >= 0.6 is 0 Å². The number of aryl methyl sites for hydroxylation is 1. The highest BCUT2D eigenvalue weighted by molar-refractivity contribution is 7.91. The highest BCUT2D eigenvalue weighted by atomic mass is 32.2. The number of benzene rings is 3. The molecule has 0 spiro atoms. The van der Waals surface area contributed by atoms with Gasteiger partial charge < -0.3 is 10.7 Å². The number of hydrogen-bond donors (Lipinski definition) is 2. The second-order valence-corrected chi connectivity index (χ2v) is 8.15. The fraction of sp³-hybridized carbons (Fsp3) is 0.0476. The third-order valence-corrected chi connectivity index (χ3v) is 6.38. The summed E-state index contributed by atoms with van der Waals surface area (Å²) in [4.78, 5) is 3.82. The number of sulfone groups is 1. The van der Waals surface area contributed by atoms with Gasteiger partial charge in [-0.1, -0.05) is 48.5 Å². The highest BCUT2D eigenvalue weighted by Gasteiger charge is 2.27. The van der Waals surface area contributed by atoms with Crippen molar-refractivity contribution in [3.63, 3.8) is 0 Å². The lowest BCUT2D eigenvalue weighted by Crippen LogP contribution is -2.04. The number of nitrogens with one attached hydrogen (secondary N) is 1. The van der Waals surface area contributed by atoms with E-state index in [1.165, 1.54) is 0 Å². The zero-order chi connectivity index (χ0) is 18.3. The van der Waals surface area contributed by atoms with Crippen LogP contribution in [0.15, 0.2) is 82.6 Å². The number of aromatic nitrogens is 1. The van der Waals surface area contributed by atoms with Crippen LogP contribution in [-0.4, -0.2) is 13.4 Å². The van der Waals surface area contributed by atoms with Gasteiger partial charge in [-0.15, -0.1) is 0 Å².